The number of hydrogen-bond donors (Lipinski definition) is 3. The van der Waals surface area contributed by atoms with Crippen molar-refractivity contribution in [2.75, 3.05) is 19.8 Å². The van der Waals surface area contributed by atoms with E-state index in [-0.39, 0.29) is 49.4 Å². The van der Waals surface area contributed by atoms with Gasteiger partial charge in [-0.25, -0.2) is 0 Å². The van der Waals surface area contributed by atoms with Crippen molar-refractivity contribution >= 4 is 29.8 Å². The third-order valence-corrected chi connectivity index (χ3v) is 7.98. The fraction of sp³-hybridized carbons (Fsp3) is 0.861. The summed E-state index contributed by atoms with van der Waals surface area (Å²) in [6.07, 6.45) is -13.5. The lowest BCUT2D eigenvalue weighted by atomic mass is 9.98. The number of aliphatic hydroxyl groups excluding tert-OH is 3. The van der Waals surface area contributed by atoms with Crippen LogP contribution in [0.15, 0.2) is 0 Å². The summed E-state index contributed by atoms with van der Waals surface area (Å²) >= 11 is 0. The van der Waals surface area contributed by atoms with E-state index in [9.17, 15) is 39.3 Å². The number of rotatable bonds is 19. The molecule has 3 N–H and O–H groups in total. The van der Waals surface area contributed by atoms with Crippen molar-refractivity contribution in [3.05, 3.63) is 0 Å². The maximum atomic E-state index is 13.4. The van der Waals surface area contributed by atoms with Gasteiger partial charge in [-0.05, 0) is 23.7 Å². The molecule has 0 bridgehead atoms. The molecule has 0 saturated carbocycles. The Morgan fingerprint density at radius 2 is 1.13 bits per heavy atom. The zero-order chi connectivity index (χ0) is 39.5. The highest BCUT2D eigenvalue weighted by Gasteiger charge is 2.64. The van der Waals surface area contributed by atoms with Crippen molar-refractivity contribution in [1.29, 1.82) is 0 Å². The maximum absolute atomic E-state index is 13.4. The largest absolute Gasteiger partial charge is 0.463 e. The van der Waals surface area contributed by atoms with Gasteiger partial charge < -0.3 is 53.2 Å². The first-order valence-electron chi connectivity index (χ1n) is 18.1. The predicted molar refractivity (Wildman–Crippen MR) is 181 cm³/mol. The van der Waals surface area contributed by atoms with Gasteiger partial charge in [0.2, 0.25) is 12.1 Å². The average Bonchev–Trinajstić information content (AvgIpc) is 3.28. The number of carbonyl (C=O) groups is 5. The molecule has 300 valence electrons. The van der Waals surface area contributed by atoms with Gasteiger partial charge in [0.1, 0.15) is 37.6 Å². The van der Waals surface area contributed by atoms with Gasteiger partial charge in [0.25, 0.3) is 0 Å². The van der Waals surface area contributed by atoms with Crippen LogP contribution in [-0.2, 0) is 61.9 Å². The molecule has 0 amide bonds. The van der Waals surface area contributed by atoms with E-state index in [1.54, 1.807) is 55.4 Å². The number of esters is 5. The van der Waals surface area contributed by atoms with Crippen molar-refractivity contribution in [2.45, 2.75) is 150 Å². The van der Waals surface area contributed by atoms with E-state index >= 15 is 0 Å². The predicted octanol–water partition coefficient (Wildman–Crippen LogP) is 2.20. The van der Waals surface area contributed by atoms with Crippen LogP contribution in [0.3, 0.4) is 0 Å². The zero-order valence-corrected chi connectivity index (χ0v) is 32.1. The van der Waals surface area contributed by atoms with Crippen molar-refractivity contribution in [3.63, 3.8) is 0 Å². The lowest BCUT2D eigenvalue weighted by Gasteiger charge is -2.45. The van der Waals surface area contributed by atoms with E-state index in [1.807, 2.05) is 13.8 Å². The number of hydrogen-bond acceptors (Lipinski definition) is 16. The Hall–Kier alpha value is -2.89. The fourth-order valence-electron chi connectivity index (χ4n) is 5.44. The van der Waals surface area contributed by atoms with Crippen LogP contribution in [0.25, 0.3) is 0 Å². The summed E-state index contributed by atoms with van der Waals surface area (Å²) in [6, 6.07) is 0. The second-order valence-electron chi connectivity index (χ2n) is 15.4. The lowest BCUT2D eigenvalue weighted by molar-refractivity contribution is -0.384. The average molecular weight is 749 g/mol. The molecule has 52 heavy (non-hydrogen) atoms. The molecule has 2 aliphatic heterocycles. The third kappa shape index (κ3) is 13.5. The SMILES string of the molecule is CC(C)CC(=O)OC[C@H]1O[C@@](COC(=O)CC(C)C)(O[C@@H]2O[C@H](CO)[C@@H](O)[C@H](O)[C@H]2OC(=O)CC(C)C)[C@@H](OC(=O)CC(C)C)[C@@H]1OC(=O)C(C)C. The highest BCUT2D eigenvalue weighted by atomic mass is 16.8. The smallest absolute Gasteiger partial charge is 0.308 e. The molecule has 0 aliphatic carbocycles. The molecule has 2 rings (SSSR count). The number of aliphatic hydroxyl groups is 3. The fourth-order valence-corrected chi connectivity index (χ4v) is 5.44. The highest BCUT2D eigenvalue weighted by Crippen LogP contribution is 2.41. The molecule has 2 aliphatic rings. The molecule has 0 spiro atoms. The van der Waals surface area contributed by atoms with Crippen LogP contribution >= 0.6 is 0 Å². The van der Waals surface area contributed by atoms with Crippen LogP contribution in [-0.4, -0.2) is 120 Å². The van der Waals surface area contributed by atoms with Crippen LogP contribution in [0, 0.1) is 29.6 Å². The number of carbonyl (C=O) groups excluding carboxylic acids is 5. The standard InChI is InChI=1S/C36H60O16/c1-18(2)11-25(38)45-16-24-31(50-34(44)22(9)10)33(49-28(41)14-21(7)8)36(51-24,17-46-26(39)12-19(3)4)52-35-32(48-27(40)13-20(5)6)30(43)29(42)23(15-37)47-35/h18-24,29-33,35,37,42-43H,11-17H2,1-10H3/t23-,24-,29-,30+,31-,32-,33+,35+,36+/m1/s1. The van der Waals surface area contributed by atoms with Gasteiger partial charge in [-0.2, -0.15) is 0 Å². The molecule has 0 aromatic carbocycles. The Morgan fingerprint density at radius 1 is 0.635 bits per heavy atom. The van der Waals surface area contributed by atoms with E-state index in [1.165, 1.54) is 0 Å². The summed E-state index contributed by atoms with van der Waals surface area (Å²) in [6.45, 7) is 15.2. The van der Waals surface area contributed by atoms with Crippen molar-refractivity contribution in [3.8, 4) is 0 Å². The number of ether oxygens (including phenoxy) is 8. The van der Waals surface area contributed by atoms with Crippen LogP contribution in [0.1, 0.15) is 94.9 Å². The van der Waals surface area contributed by atoms with E-state index in [0.29, 0.717) is 0 Å². The van der Waals surface area contributed by atoms with Gasteiger partial charge in [-0.15, -0.1) is 0 Å². The quantitative estimate of drug-likeness (QED) is 0.127. The summed E-state index contributed by atoms with van der Waals surface area (Å²) < 4.78 is 47.0. The lowest BCUT2D eigenvalue weighted by Crippen LogP contribution is -2.64. The summed E-state index contributed by atoms with van der Waals surface area (Å²) in [5.41, 5.74) is 0. The first-order chi connectivity index (χ1) is 24.2. The minimum atomic E-state index is -2.42. The van der Waals surface area contributed by atoms with Gasteiger partial charge in [-0.1, -0.05) is 69.2 Å². The summed E-state index contributed by atoms with van der Waals surface area (Å²) in [4.78, 5) is 65.0. The van der Waals surface area contributed by atoms with E-state index in [4.69, 9.17) is 37.9 Å². The molecule has 0 aromatic rings. The van der Waals surface area contributed by atoms with Gasteiger partial charge in [0, 0.05) is 25.7 Å². The van der Waals surface area contributed by atoms with Gasteiger partial charge >= 0.3 is 29.8 Å². The molecule has 16 heteroatoms. The van der Waals surface area contributed by atoms with Crippen molar-refractivity contribution in [1.82, 2.24) is 0 Å². The minimum Gasteiger partial charge on any atom is -0.463 e. The molecule has 0 unspecified atom stereocenters. The Morgan fingerprint density at radius 3 is 1.63 bits per heavy atom. The molecule has 9 atom stereocenters. The Kier molecular flexibility index (Phi) is 17.9. The Balaban J connectivity index is 2.78. The van der Waals surface area contributed by atoms with E-state index < -0.39 is 110 Å². The molecule has 2 saturated heterocycles. The normalized spacial score (nSPS) is 29.1. The second-order valence-corrected chi connectivity index (χ2v) is 15.4. The van der Waals surface area contributed by atoms with Crippen molar-refractivity contribution < 1.29 is 77.2 Å². The first-order valence-corrected chi connectivity index (χ1v) is 18.1. The Bertz CT molecular complexity index is 1180. The second kappa shape index (κ2) is 20.5. The molecule has 2 heterocycles. The zero-order valence-electron chi connectivity index (χ0n) is 32.1. The topological polar surface area (TPSA) is 220 Å². The summed E-state index contributed by atoms with van der Waals surface area (Å²) in [7, 11) is 0. The third-order valence-electron chi connectivity index (χ3n) is 7.98. The molecule has 2 fully saturated rings. The van der Waals surface area contributed by atoms with Crippen LogP contribution in [0.4, 0.5) is 0 Å². The Labute approximate surface area is 306 Å². The molecular formula is C36H60O16. The van der Waals surface area contributed by atoms with E-state index in [0.717, 1.165) is 0 Å². The molecule has 0 radical (unpaired) electrons. The summed E-state index contributed by atoms with van der Waals surface area (Å²) in [5.74, 6) is -7.23. The van der Waals surface area contributed by atoms with Crippen LogP contribution in [0.2, 0.25) is 0 Å². The van der Waals surface area contributed by atoms with Crippen molar-refractivity contribution in [2.24, 2.45) is 29.6 Å². The van der Waals surface area contributed by atoms with Crippen LogP contribution in [0.5, 0.6) is 0 Å². The van der Waals surface area contributed by atoms with Gasteiger partial charge in [0.15, 0.2) is 18.3 Å². The van der Waals surface area contributed by atoms with E-state index in [2.05, 4.69) is 0 Å². The van der Waals surface area contributed by atoms with Gasteiger partial charge in [-0.3, -0.25) is 24.0 Å². The monoisotopic (exact) mass is 748 g/mol. The molecule has 16 nitrogen and oxygen atoms in total. The molecular weight excluding hydrogens is 688 g/mol. The van der Waals surface area contributed by atoms with Gasteiger partial charge in [0.05, 0.1) is 12.5 Å². The minimum absolute atomic E-state index is 0.0389. The highest BCUT2D eigenvalue weighted by molar-refractivity contribution is 5.73. The summed E-state index contributed by atoms with van der Waals surface area (Å²) in [5, 5.41) is 31.9. The maximum Gasteiger partial charge on any atom is 0.308 e. The first kappa shape index (κ1) is 45.3. The molecule has 0 aromatic heterocycles. The van der Waals surface area contributed by atoms with Crippen LogP contribution < -0.4 is 0 Å².